The van der Waals surface area contributed by atoms with Crippen LogP contribution in [0.1, 0.15) is 65.0 Å². The zero-order chi connectivity index (χ0) is 20.9. The predicted octanol–water partition coefficient (Wildman–Crippen LogP) is 6.22. The van der Waals surface area contributed by atoms with Crippen molar-refractivity contribution in [3.63, 3.8) is 0 Å². The summed E-state index contributed by atoms with van der Waals surface area (Å²) in [5.41, 5.74) is 1.77. The largest absolute Gasteiger partial charge is 0.464 e. The Kier molecular flexibility index (Phi) is 7.19. The van der Waals surface area contributed by atoms with E-state index in [4.69, 9.17) is 9.47 Å². The molecule has 0 N–H and O–H groups in total. The average molecular weight is 386 g/mol. The van der Waals surface area contributed by atoms with Crippen LogP contribution >= 0.6 is 0 Å². The molecule has 5 nitrogen and oxygen atoms in total. The zero-order valence-electron chi connectivity index (χ0n) is 17.6. The van der Waals surface area contributed by atoms with E-state index in [1.165, 1.54) is 17.7 Å². The van der Waals surface area contributed by atoms with Crippen molar-refractivity contribution in [2.75, 3.05) is 0 Å². The van der Waals surface area contributed by atoms with Crippen molar-refractivity contribution in [3.05, 3.63) is 69.8 Å². The lowest BCUT2D eigenvalue weighted by Crippen LogP contribution is -2.42. The van der Waals surface area contributed by atoms with Crippen LogP contribution in [-0.4, -0.2) is 17.3 Å². The van der Waals surface area contributed by atoms with Crippen molar-refractivity contribution in [2.45, 2.75) is 71.7 Å². The second-order valence-electron chi connectivity index (χ2n) is 8.04. The molecule has 5 heteroatoms. The van der Waals surface area contributed by atoms with Crippen molar-refractivity contribution < 1.29 is 14.4 Å². The van der Waals surface area contributed by atoms with Crippen LogP contribution in [0.2, 0.25) is 0 Å². The number of hydrogen-bond acceptors (Lipinski definition) is 4. The third-order valence-electron chi connectivity index (χ3n) is 5.11. The number of non-ortho nitro benzene ring substituents is 1. The lowest BCUT2D eigenvalue weighted by molar-refractivity contribution is -0.384. The molecule has 0 aliphatic heterocycles. The van der Waals surface area contributed by atoms with Crippen molar-refractivity contribution in [1.82, 2.24) is 0 Å². The van der Waals surface area contributed by atoms with Crippen LogP contribution < -0.4 is 4.74 Å². The zero-order valence-corrected chi connectivity index (χ0v) is 17.6. The molecule has 0 spiro atoms. The van der Waals surface area contributed by atoms with Crippen LogP contribution in [0.4, 0.5) is 5.69 Å². The summed E-state index contributed by atoms with van der Waals surface area (Å²) in [5, 5.41) is 10.9. The molecule has 0 fully saturated rings. The quantitative estimate of drug-likeness (QED) is 0.292. The minimum absolute atomic E-state index is 0.0262. The van der Waals surface area contributed by atoms with Crippen molar-refractivity contribution >= 4 is 5.69 Å². The van der Waals surface area contributed by atoms with Gasteiger partial charge in [-0.15, -0.1) is 0 Å². The maximum atomic E-state index is 10.9. The average Bonchev–Trinajstić information content (AvgIpc) is 2.67. The highest BCUT2D eigenvalue weighted by Crippen LogP contribution is 2.33. The van der Waals surface area contributed by atoms with Gasteiger partial charge < -0.3 is 9.47 Å². The minimum Gasteiger partial charge on any atom is -0.464 e. The molecule has 0 aliphatic rings. The van der Waals surface area contributed by atoms with Crippen molar-refractivity contribution in [3.8, 4) is 5.75 Å². The predicted molar refractivity (Wildman–Crippen MR) is 112 cm³/mol. The lowest BCUT2D eigenvalue weighted by Gasteiger charge is -2.35. The van der Waals surface area contributed by atoms with E-state index in [0.29, 0.717) is 5.92 Å². The summed E-state index contributed by atoms with van der Waals surface area (Å²) in [6.07, 6.45) is 0.525. The van der Waals surface area contributed by atoms with Gasteiger partial charge in [-0.2, -0.15) is 0 Å². The summed E-state index contributed by atoms with van der Waals surface area (Å²) in [5.74, 6) is 1.25. The fraction of sp³-hybridized carbons (Fsp3) is 0.478. The highest BCUT2D eigenvalue weighted by molar-refractivity contribution is 5.37. The number of nitrogens with zero attached hydrogens (tertiary/aromatic N) is 1. The molecule has 0 amide bonds. The van der Waals surface area contributed by atoms with Gasteiger partial charge in [-0.1, -0.05) is 38.1 Å². The van der Waals surface area contributed by atoms with E-state index in [9.17, 15) is 10.1 Å². The second kappa shape index (κ2) is 9.20. The fourth-order valence-electron chi connectivity index (χ4n) is 2.98. The fourth-order valence-corrected chi connectivity index (χ4v) is 2.98. The topological polar surface area (TPSA) is 61.6 Å². The number of nitro benzene ring substituents is 1. The van der Waals surface area contributed by atoms with E-state index in [1.807, 2.05) is 39.8 Å². The first-order valence-electron chi connectivity index (χ1n) is 9.82. The molecule has 0 aromatic heterocycles. The van der Waals surface area contributed by atoms with Gasteiger partial charge in [0.05, 0.1) is 16.4 Å². The number of nitro groups is 1. The molecule has 0 aliphatic carbocycles. The first-order chi connectivity index (χ1) is 13.1. The molecular formula is C23H31NO4. The molecule has 2 aromatic carbocycles. The van der Waals surface area contributed by atoms with Gasteiger partial charge in [0, 0.05) is 12.1 Å². The van der Waals surface area contributed by atoms with Crippen molar-refractivity contribution in [2.24, 2.45) is 0 Å². The lowest BCUT2D eigenvalue weighted by atomic mass is 9.83. The van der Waals surface area contributed by atoms with E-state index in [-0.39, 0.29) is 11.8 Å². The summed E-state index contributed by atoms with van der Waals surface area (Å²) in [7, 11) is 0. The summed E-state index contributed by atoms with van der Waals surface area (Å²) < 4.78 is 12.3. The molecule has 2 rings (SSSR count). The summed E-state index contributed by atoms with van der Waals surface area (Å²) in [4.78, 5) is 10.5. The summed E-state index contributed by atoms with van der Waals surface area (Å²) >= 11 is 0. The van der Waals surface area contributed by atoms with Gasteiger partial charge in [0.25, 0.3) is 5.69 Å². The highest BCUT2D eigenvalue weighted by atomic mass is 16.7. The molecule has 0 heterocycles. The Balaban J connectivity index is 2.27. The number of ether oxygens (including phenoxy) is 2. The molecular weight excluding hydrogens is 354 g/mol. The number of benzene rings is 2. The smallest absolute Gasteiger partial charge is 0.269 e. The standard InChI is InChI=1S/C23H31NO4/c1-7-17(4)18-8-14-21(15-9-18)28-22(27-16(2)3)23(5,6)19-10-12-20(13-11-19)24(25)26/h8-17,22H,7H2,1-6H3. The van der Waals surface area contributed by atoms with Gasteiger partial charge in [-0.25, -0.2) is 0 Å². The van der Waals surface area contributed by atoms with Crippen LogP contribution in [0.25, 0.3) is 0 Å². The minimum atomic E-state index is -0.539. The SMILES string of the molecule is CCC(C)c1ccc(OC(OC(C)C)C(C)(C)c2ccc([N+](=O)[O-])cc2)cc1. The van der Waals surface area contributed by atoms with E-state index >= 15 is 0 Å². The Morgan fingerprint density at radius 2 is 1.57 bits per heavy atom. The van der Waals surface area contributed by atoms with Gasteiger partial charge in [0.2, 0.25) is 6.29 Å². The maximum absolute atomic E-state index is 10.9. The van der Waals surface area contributed by atoms with Crippen LogP contribution in [0.5, 0.6) is 5.75 Å². The molecule has 0 saturated heterocycles. The highest BCUT2D eigenvalue weighted by Gasteiger charge is 2.35. The van der Waals surface area contributed by atoms with E-state index in [1.54, 1.807) is 12.1 Å². The normalized spacial score (nSPS) is 14.0. The van der Waals surface area contributed by atoms with Gasteiger partial charge in [0.15, 0.2) is 0 Å². The number of hydrogen-bond donors (Lipinski definition) is 0. The van der Waals surface area contributed by atoms with Gasteiger partial charge in [0.1, 0.15) is 5.75 Å². The molecule has 28 heavy (non-hydrogen) atoms. The number of rotatable bonds is 9. The Hall–Kier alpha value is -2.40. The summed E-state index contributed by atoms with van der Waals surface area (Å²) in [6, 6.07) is 14.7. The summed E-state index contributed by atoms with van der Waals surface area (Å²) in [6.45, 7) is 12.4. The van der Waals surface area contributed by atoms with Gasteiger partial charge >= 0.3 is 0 Å². The molecule has 0 radical (unpaired) electrons. The molecule has 0 bridgehead atoms. The van der Waals surface area contributed by atoms with Crippen molar-refractivity contribution in [1.29, 1.82) is 0 Å². The Morgan fingerprint density at radius 1 is 1.00 bits per heavy atom. The molecule has 0 saturated carbocycles. The first-order valence-corrected chi connectivity index (χ1v) is 9.82. The molecule has 152 valence electrons. The third kappa shape index (κ3) is 5.32. The second-order valence-corrected chi connectivity index (χ2v) is 8.04. The third-order valence-corrected chi connectivity index (χ3v) is 5.11. The van der Waals surface area contributed by atoms with Crippen LogP contribution in [0.3, 0.4) is 0 Å². The first kappa shape index (κ1) is 21.9. The monoisotopic (exact) mass is 385 g/mol. The van der Waals surface area contributed by atoms with Gasteiger partial charge in [-0.05, 0) is 63.3 Å². The molecule has 2 atom stereocenters. The van der Waals surface area contributed by atoms with Crippen LogP contribution in [0, 0.1) is 10.1 Å². The van der Waals surface area contributed by atoms with E-state index < -0.39 is 16.6 Å². The molecule has 2 aromatic rings. The Labute approximate surface area is 167 Å². The van der Waals surface area contributed by atoms with E-state index in [2.05, 4.69) is 26.0 Å². The Morgan fingerprint density at radius 3 is 2.04 bits per heavy atom. The maximum Gasteiger partial charge on any atom is 0.269 e. The van der Waals surface area contributed by atoms with Crippen LogP contribution in [0.15, 0.2) is 48.5 Å². The van der Waals surface area contributed by atoms with E-state index in [0.717, 1.165) is 17.7 Å². The van der Waals surface area contributed by atoms with Gasteiger partial charge in [-0.3, -0.25) is 10.1 Å². The van der Waals surface area contributed by atoms with Crippen LogP contribution in [-0.2, 0) is 10.2 Å². The molecule has 2 unspecified atom stereocenters. The Bertz CT molecular complexity index is 766.